The number of rotatable bonds is 6. The lowest BCUT2D eigenvalue weighted by molar-refractivity contribution is 0.507. The fraction of sp³-hybridized carbons (Fsp3) is 0.588. The first kappa shape index (κ1) is 13.5. The number of imidazole rings is 1. The maximum absolute atomic E-state index is 5.88. The van der Waals surface area contributed by atoms with Crippen molar-refractivity contribution in [3.05, 3.63) is 24.0 Å². The Labute approximate surface area is 121 Å². The summed E-state index contributed by atoms with van der Waals surface area (Å²) in [6.07, 6.45) is 6.46. The molecule has 0 saturated heterocycles. The van der Waals surface area contributed by atoms with Gasteiger partial charge in [-0.1, -0.05) is 26.7 Å². The number of fused-ring (bicyclic) bond motifs is 1. The number of anilines is 1. The fourth-order valence-corrected chi connectivity index (χ4v) is 2.88. The molecule has 0 atom stereocenters. The Hall–Kier alpha value is -1.51. The lowest BCUT2D eigenvalue weighted by Gasteiger charge is -2.09. The van der Waals surface area contributed by atoms with E-state index in [9.17, 15) is 0 Å². The number of aromatic nitrogens is 2. The SMILES string of the molecule is CC(C)CCCCn1c(C2CC2)nc2cc(N)ccc21. The van der Waals surface area contributed by atoms with Crippen LogP contribution in [0.1, 0.15) is 57.7 Å². The van der Waals surface area contributed by atoms with Gasteiger partial charge in [0.15, 0.2) is 0 Å². The highest BCUT2D eigenvalue weighted by atomic mass is 15.1. The molecular formula is C17H25N3. The molecule has 0 unspecified atom stereocenters. The van der Waals surface area contributed by atoms with Gasteiger partial charge in [0.25, 0.3) is 0 Å². The summed E-state index contributed by atoms with van der Waals surface area (Å²) in [5.41, 5.74) is 9.01. The van der Waals surface area contributed by atoms with Gasteiger partial charge in [-0.2, -0.15) is 0 Å². The van der Waals surface area contributed by atoms with Crippen molar-refractivity contribution < 1.29 is 0 Å². The zero-order chi connectivity index (χ0) is 14.1. The van der Waals surface area contributed by atoms with Gasteiger partial charge in [-0.3, -0.25) is 0 Å². The molecule has 1 aliphatic carbocycles. The van der Waals surface area contributed by atoms with Crippen LogP contribution in [-0.2, 0) is 6.54 Å². The molecule has 0 aliphatic heterocycles. The third kappa shape index (κ3) is 2.82. The molecule has 3 rings (SSSR count). The summed E-state index contributed by atoms with van der Waals surface area (Å²) in [6, 6.07) is 6.13. The minimum Gasteiger partial charge on any atom is -0.399 e. The Bertz CT molecular complexity index is 594. The molecule has 3 nitrogen and oxygen atoms in total. The third-order valence-corrected chi connectivity index (χ3v) is 4.16. The quantitative estimate of drug-likeness (QED) is 0.628. The van der Waals surface area contributed by atoms with E-state index in [0.29, 0.717) is 5.92 Å². The lowest BCUT2D eigenvalue weighted by Crippen LogP contribution is -2.03. The lowest BCUT2D eigenvalue weighted by atomic mass is 10.1. The van der Waals surface area contributed by atoms with Crippen molar-refractivity contribution in [1.29, 1.82) is 0 Å². The highest BCUT2D eigenvalue weighted by molar-refractivity contribution is 5.79. The standard InChI is InChI=1S/C17H25N3/c1-12(2)5-3-4-10-20-16-9-8-14(18)11-15(16)19-17(20)13-6-7-13/h8-9,11-13H,3-7,10,18H2,1-2H3. The van der Waals surface area contributed by atoms with E-state index in [0.717, 1.165) is 23.7 Å². The summed E-state index contributed by atoms with van der Waals surface area (Å²) in [6.45, 7) is 5.69. The van der Waals surface area contributed by atoms with Crippen LogP contribution in [0, 0.1) is 5.92 Å². The van der Waals surface area contributed by atoms with Gasteiger partial charge in [0, 0.05) is 18.2 Å². The molecule has 1 fully saturated rings. The van der Waals surface area contributed by atoms with E-state index in [1.165, 1.54) is 43.4 Å². The number of nitrogen functional groups attached to an aromatic ring is 1. The number of nitrogens with zero attached hydrogens (tertiary/aromatic N) is 2. The number of benzene rings is 1. The highest BCUT2D eigenvalue weighted by Gasteiger charge is 2.29. The second-order valence-corrected chi connectivity index (χ2v) is 6.53. The van der Waals surface area contributed by atoms with E-state index < -0.39 is 0 Å². The van der Waals surface area contributed by atoms with Gasteiger partial charge < -0.3 is 10.3 Å². The molecule has 2 aromatic rings. The molecule has 0 bridgehead atoms. The van der Waals surface area contributed by atoms with Gasteiger partial charge >= 0.3 is 0 Å². The Morgan fingerprint density at radius 3 is 2.80 bits per heavy atom. The van der Waals surface area contributed by atoms with Gasteiger partial charge in [-0.25, -0.2) is 4.98 Å². The maximum Gasteiger partial charge on any atom is 0.112 e. The summed E-state index contributed by atoms with van der Waals surface area (Å²) in [7, 11) is 0. The number of hydrogen-bond donors (Lipinski definition) is 1. The van der Waals surface area contributed by atoms with Crippen molar-refractivity contribution >= 4 is 16.7 Å². The van der Waals surface area contributed by atoms with Crippen LogP contribution in [0.15, 0.2) is 18.2 Å². The fourth-order valence-electron chi connectivity index (χ4n) is 2.88. The summed E-state index contributed by atoms with van der Waals surface area (Å²) >= 11 is 0. The van der Waals surface area contributed by atoms with Crippen LogP contribution >= 0.6 is 0 Å². The molecular weight excluding hydrogens is 246 g/mol. The molecule has 3 heteroatoms. The molecule has 108 valence electrons. The Balaban J connectivity index is 1.81. The third-order valence-electron chi connectivity index (χ3n) is 4.16. The zero-order valence-electron chi connectivity index (χ0n) is 12.6. The van der Waals surface area contributed by atoms with Crippen molar-refractivity contribution in [2.24, 2.45) is 5.92 Å². The molecule has 2 N–H and O–H groups in total. The van der Waals surface area contributed by atoms with Crippen molar-refractivity contribution in [2.45, 2.75) is 58.4 Å². The largest absolute Gasteiger partial charge is 0.399 e. The molecule has 0 amide bonds. The van der Waals surface area contributed by atoms with Gasteiger partial charge in [-0.15, -0.1) is 0 Å². The van der Waals surface area contributed by atoms with Crippen LogP contribution in [0.5, 0.6) is 0 Å². The van der Waals surface area contributed by atoms with Gasteiger partial charge in [0.1, 0.15) is 5.82 Å². The Morgan fingerprint density at radius 2 is 2.10 bits per heavy atom. The number of hydrogen-bond acceptors (Lipinski definition) is 2. The second kappa shape index (κ2) is 5.47. The molecule has 20 heavy (non-hydrogen) atoms. The minimum atomic E-state index is 0.689. The normalized spacial score (nSPS) is 15.3. The van der Waals surface area contributed by atoms with Gasteiger partial charge in [0.2, 0.25) is 0 Å². The molecule has 0 radical (unpaired) electrons. The van der Waals surface area contributed by atoms with E-state index in [2.05, 4.69) is 24.5 Å². The van der Waals surface area contributed by atoms with Crippen LogP contribution in [-0.4, -0.2) is 9.55 Å². The first-order valence-electron chi connectivity index (χ1n) is 7.91. The van der Waals surface area contributed by atoms with E-state index in [-0.39, 0.29) is 0 Å². The summed E-state index contributed by atoms with van der Waals surface area (Å²) in [4.78, 5) is 4.83. The van der Waals surface area contributed by atoms with Gasteiger partial charge in [0.05, 0.1) is 11.0 Å². The van der Waals surface area contributed by atoms with E-state index in [1.54, 1.807) is 0 Å². The van der Waals surface area contributed by atoms with Crippen molar-refractivity contribution in [2.75, 3.05) is 5.73 Å². The average Bonchev–Trinajstić information content (AvgIpc) is 3.17. The van der Waals surface area contributed by atoms with Crippen molar-refractivity contribution in [3.8, 4) is 0 Å². The van der Waals surface area contributed by atoms with Crippen LogP contribution in [0.4, 0.5) is 5.69 Å². The Kier molecular flexibility index (Phi) is 3.68. The highest BCUT2D eigenvalue weighted by Crippen LogP contribution is 2.41. The predicted octanol–water partition coefficient (Wildman–Crippen LogP) is 4.32. The van der Waals surface area contributed by atoms with Crippen LogP contribution < -0.4 is 5.73 Å². The average molecular weight is 271 g/mol. The monoisotopic (exact) mass is 271 g/mol. The van der Waals surface area contributed by atoms with Crippen molar-refractivity contribution in [1.82, 2.24) is 9.55 Å². The van der Waals surface area contributed by atoms with Gasteiger partial charge in [-0.05, 0) is 43.4 Å². The van der Waals surface area contributed by atoms with E-state index in [4.69, 9.17) is 10.7 Å². The topological polar surface area (TPSA) is 43.8 Å². The summed E-state index contributed by atoms with van der Waals surface area (Å²) in [5, 5.41) is 0. The molecule has 1 aromatic heterocycles. The predicted molar refractivity (Wildman–Crippen MR) is 84.8 cm³/mol. The van der Waals surface area contributed by atoms with E-state index >= 15 is 0 Å². The van der Waals surface area contributed by atoms with Crippen LogP contribution in [0.2, 0.25) is 0 Å². The molecule has 1 aromatic carbocycles. The van der Waals surface area contributed by atoms with Crippen LogP contribution in [0.25, 0.3) is 11.0 Å². The van der Waals surface area contributed by atoms with Crippen LogP contribution in [0.3, 0.4) is 0 Å². The zero-order valence-corrected chi connectivity index (χ0v) is 12.6. The minimum absolute atomic E-state index is 0.689. The number of unbranched alkanes of at least 4 members (excludes halogenated alkanes) is 1. The summed E-state index contributed by atoms with van der Waals surface area (Å²) < 4.78 is 2.44. The number of aryl methyl sites for hydroxylation is 1. The molecule has 1 aliphatic rings. The molecule has 1 heterocycles. The first-order valence-corrected chi connectivity index (χ1v) is 7.91. The molecule has 0 spiro atoms. The summed E-state index contributed by atoms with van der Waals surface area (Å²) in [5.74, 6) is 2.78. The Morgan fingerprint density at radius 1 is 1.30 bits per heavy atom. The number of nitrogens with two attached hydrogens (primary N) is 1. The smallest absolute Gasteiger partial charge is 0.112 e. The second-order valence-electron chi connectivity index (χ2n) is 6.53. The first-order chi connectivity index (χ1) is 9.65. The van der Waals surface area contributed by atoms with E-state index in [1.807, 2.05) is 12.1 Å². The van der Waals surface area contributed by atoms with Crippen molar-refractivity contribution in [3.63, 3.8) is 0 Å². The molecule has 1 saturated carbocycles. The maximum atomic E-state index is 5.88.